The molecule has 0 amide bonds. The summed E-state index contributed by atoms with van der Waals surface area (Å²) in [6.07, 6.45) is 0. The Bertz CT molecular complexity index is 536. The minimum atomic E-state index is -3.81. The molecule has 0 saturated carbocycles. The van der Waals surface area contributed by atoms with Crippen molar-refractivity contribution < 1.29 is 8.42 Å². The third-order valence-electron chi connectivity index (χ3n) is 2.02. The van der Waals surface area contributed by atoms with Crippen molar-refractivity contribution in [3.63, 3.8) is 0 Å². The summed E-state index contributed by atoms with van der Waals surface area (Å²) >= 11 is 0. The molecule has 16 heavy (non-hydrogen) atoms. The van der Waals surface area contributed by atoms with Gasteiger partial charge in [-0.1, -0.05) is 18.2 Å². The van der Waals surface area contributed by atoms with Crippen molar-refractivity contribution in [3.8, 4) is 0 Å². The van der Waals surface area contributed by atoms with Gasteiger partial charge in [-0.25, -0.2) is 0 Å². The molecule has 84 valence electrons. The van der Waals surface area contributed by atoms with Gasteiger partial charge in [0.25, 0.3) is 0 Å². The molecule has 0 saturated heterocycles. The van der Waals surface area contributed by atoms with E-state index >= 15 is 0 Å². The minimum absolute atomic E-state index is 0.0984. The highest BCUT2D eigenvalue weighted by Gasteiger charge is 2.23. The van der Waals surface area contributed by atoms with Crippen LogP contribution in [0.4, 0.5) is 5.69 Å². The highest BCUT2D eigenvalue weighted by Crippen LogP contribution is 2.17. The molecule has 0 radical (unpaired) electrons. The molecule has 0 unspecified atom stereocenters. The van der Waals surface area contributed by atoms with Crippen LogP contribution in [0.15, 0.2) is 39.1 Å². The van der Waals surface area contributed by atoms with Gasteiger partial charge in [-0.3, -0.25) is 4.90 Å². The van der Waals surface area contributed by atoms with Crippen LogP contribution < -0.4 is 10.6 Å². The number of hydrogen-bond donors (Lipinski definition) is 1. The molecule has 1 heterocycles. The van der Waals surface area contributed by atoms with E-state index < -0.39 is 10.2 Å². The fourth-order valence-electron chi connectivity index (χ4n) is 1.45. The molecule has 2 rings (SSSR count). The van der Waals surface area contributed by atoms with E-state index in [-0.39, 0.29) is 11.8 Å². The Balaban J connectivity index is 2.50. The van der Waals surface area contributed by atoms with Gasteiger partial charge in [0.05, 0.1) is 5.69 Å². The standard InChI is InChI=1S/C9H10N4O2S/c1-7-11-16(14,15)12-9(10)13(7)8-5-3-2-4-6-8/h2-6H,1H3,(H2,10,12). The average Bonchev–Trinajstić information content (AvgIpc) is 2.16. The van der Waals surface area contributed by atoms with Crippen molar-refractivity contribution in [2.75, 3.05) is 4.90 Å². The molecule has 7 heteroatoms. The number of rotatable bonds is 1. The van der Waals surface area contributed by atoms with E-state index in [1.54, 1.807) is 19.1 Å². The van der Waals surface area contributed by atoms with Crippen molar-refractivity contribution in [1.29, 1.82) is 0 Å². The molecular formula is C9H10N4O2S. The van der Waals surface area contributed by atoms with Crippen LogP contribution in [0, 0.1) is 0 Å². The summed E-state index contributed by atoms with van der Waals surface area (Å²) in [5.74, 6) is 0.178. The Morgan fingerprint density at radius 1 is 1.19 bits per heavy atom. The number of nitrogens with two attached hydrogens (primary N) is 1. The van der Waals surface area contributed by atoms with E-state index in [2.05, 4.69) is 8.80 Å². The molecule has 0 aliphatic carbocycles. The predicted molar refractivity (Wildman–Crippen MR) is 62.6 cm³/mol. The summed E-state index contributed by atoms with van der Waals surface area (Å²) < 4.78 is 29.1. The number of guanidine groups is 1. The van der Waals surface area contributed by atoms with Crippen molar-refractivity contribution in [1.82, 2.24) is 0 Å². The Hall–Kier alpha value is -1.89. The molecule has 2 N–H and O–H groups in total. The third-order valence-corrected chi connectivity index (χ3v) is 2.94. The van der Waals surface area contributed by atoms with Crippen molar-refractivity contribution in [2.24, 2.45) is 14.5 Å². The van der Waals surface area contributed by atoms with Crippen molar-refractivity contribution in [3.05, 3.63) is 30.3 Å². The molecule has 0 fully saturated rings. The molecule has 1 aliphatic heterocycles. The number of amidine groups is 1. The minimum Gasteiger partial charge on any atom is -0.368 e. The van der Waals surface area contributed by atoms with E-state index in [1.165, 1.54) is 4.90 Å². The first-order chi connectivity index (χ1) is 7.49. The molecule has 0 spiro atoms. The lowest BCUT2D eigenvalue weighted by Gasteiger charge is -2.24. The van der Waals surface area contributed by atoms with Crippen LogP contribution in [0.5, 0.6) is 0 Å². The van der Waals surface area contributed by atoms with Gasteiger partial charge in [0.2, 0.25) is 5.96 Å². The normalized spacial score (nSPS) is 18.9. The second-order valence-corrected chi connectivity index (χ2v) is 4.47. The molecule has 0 bridgehead atoms. The largest absolute Gasteiger partial charge is 0.368 e. The van der Waals surface area contributed by atoms with Crippen LogP contribution >= 0.6 is 0 Å². The van der Waals surface area contributed by atoms with E-state index in [0.717, 1.165) is 5.69 Å². The Kier molecular flexibility index (Phi) is 2.39. The maximum atomic E-state index is 11.2. The monoisotopic (exact) mass is 238 g/mol. The zero-order valence-corrected chi connectivity index (χ0v) is 9.35. The topological polar surface area (TPSA) is 88.1 Å². The zero-order chi connectivity index (χ0) is 11.8. The highest BCUT2D eigenvalue weighted by atomic mass is 32.2. The Labute approximate surface area is 93.3 Å². The van der Waals surface area contributed by atoms with E-state index in [9.17, 15) is 8.42 Å². The fraction of sp³-hybridized carbons (Fsp3) is 0.111. The van der Waals surface area contributed by atoms with Crippen LogP contribution in [-0.2, 0) is 10.2 Å². The second kappa shape index (κ2) is 3.60. The average molecular weight is 238 g/mol. The van der Waals surface area contributed by atoms with E-state index in [4.69, 9.17) is 5.73 Å². The van der Waals surface area contributed by atoms with Gasteiger partial charge in [-0.05, 0) is 19.1 Å². The third kappa shape index (κ3) is 1.89. The molecular weight excluding hydrogens is 228 g/mol. The number of benzene rings is 1. The van der Waals surface area contributed by atoms with Gasteiger partial charge in [0.1, 0.15) is 5.84 Å². The molecule has 0 aromatic heterocycles. The van der Waals surface area contributed by atoms with Crippen LogP contribution in [0.2, 0.25) is 0 Å². The number of nitrogens with zero attached hydrogens (tertiary/aromatic N) is 3. The number of para-hydroxylation sites is 1. The molecule has 0 atom stereocenters. The second-order valence-electron chi connectivity index (χ2n) is 3.21. The van der Waals surface area contributed by atoms with Crippen molar-refractivity contribution >= 4 is 27.7 Å². The summed E-state index contributed by atoms with van der Waals surface area (Å²) in [7, 11) is -3.81. The summed E-state index contributed by atoms with van der Waals surface area (Å²) in [4.78, 5) is 1.47. The smallest absolute Gasteiger partial charge is 0.367 e. The SMILES string of the molecule is CC1=NS(=O)(=O)N=C(N)N1c1ccccc1. The lowest BCUT2D eigenvalue weighted by Crippen LogP contribution is -2.44. The van der Waals surface area contributed by atoms with Crippen LogP contribution in [0.3, 0.4) is 0 Å². The number of hydrogen-bond acceptors (Lipinski definition) is 4. The van der Waals surface area contributed by atoms with Gasteiger partial charge >= 0.3 is 10.2 Å². The highest BCUT2D eigenvalue weighted by molar-refractivity contribution is 7.89. The molecule has 6 nitrogen and oxygen atoms in total. The van der Waals surface area contributed by atoms with E-state index in [1.807, 2.05) is 18.2 Å². The lowest BCUT2D eigenvalue weighted by molar-refractivity contribution is 0.599. The van der Waals surface area contributed by atoms with Crippen LogP contribution in [-0.4, -0.2) is 20.2 Å². The lowest BCUT2D eigenvalue weighted by atomic mass is 10.3. The first-order valence-electron chi connectivity index (χ1n) is 4.52. The van der Waals surface area contributed by atoms with Gasteiger partial charge < -0.3 is 5.73 Å². The number of anilines is 1. The molecule has 1 aliphatic rings. The molecule has 1 aromatic rings. The van der Waals surface area contributed by atoms with Gasteiger partial charge in [0.15, 0.2) is 0 Å². The summed E-state index contributed by atoms with van der Waals surface area (Å²) in [5.41, 5.74) is 6.32. The Morgan fingerprint density at radius 3 is 2.38 bits per heavy atom. The summed E-state index contributed by atoms with van der Waals surface area (Å²) in [5, 5.41) is 0. The quantitative estimate of drug-likeness (QED) is 0.771. The summed E-state index contributed by atoms with van der Waals surface area (Å²) in [6, 6.07) is 9.07. The van der Waals surface area contributed by atoms with Gasteiger partial charge in [-0.15, -0.1) is 8.80 Å². The maximum absolute atomic E-state index is 11.2. The zero-order valence-electron chi connectivity index (χ0n) is 8.53. The van der Waals surface area contributed by atoms with Crippen LogP contribution in [0.25, 0.3) is 0 Å². The predicted octanol–water partition coefficient (Wildman–Crippen LogP) is 0.484. The maximum Gasteiger partial charge on any atom is 0.367 e. The van der Waals surface area contributed by atoms with Crippen molar-refractivity contribution in [2.45, 2.75) is 6.92 Å². The summed E-state index contributed by atoms with van der Waals surface area (Å²) in [6.45, 7) is 1.56. The van der Waals surface area contributed by atoms with Gasteiger partial charge in [-0.2, -0.15) is 8.42 Å². The first kappa shape index (κ1) is 10.6. The van der Waals surface area contributed by atoms with Gasteiger partial charge in [0, 0.05) is 0 Å². The van der Waals surface area contributed by atoms with Crippen LogP contribution in [0.1, 0.15) is 6.92 Å². The fourth-order valence-corrected chi connectivity index (χ4v) is 2.22. The molecule has 1 aromatic carbocycles. The Morgan fingerprint density at radius 2 is 1.81 bits per heavy atom. The van der Waals surface area contributed by atoms with E-state index in [0.29, 0.717) is 0 Å². The first-order valence-corrected chi connectivity index (χ1v) is 5.91.